The van der Waals surface area contributed by atoms with Crippen LogP contribution in [0.2, 0.25) is 0 Å². The number of carboxylic acid groups (broad SMARTS) is 1. The maximum Gasteiger partial charge on any atom is 0.320 e. The molecule has 0 aromatic heterocycles. The van der Waals surface area contributed by atoms with E-state index in [1.54, 1.807) is 33.3 Å². The smallest absolute Gasteiger partial charge is 0.320 e. The molecule has 168 valence electrons. The van der Waals surface area contributed by atoms with Crippen molar-refractivity contribution in [3.63, 3.8) is 0 Å². The van der Waals surface area contributed by atoms with E-state index in [0.29, 0.717) is 30.4 Å². The Bertz CT molecular complexity index is 1040. The number of carbonyl (C=O) groups is 1. The molecule has 0 aliphatic carbocycles. The van der Waals surface area contributed by atoms with Crippen LogP contribution in [-0.4, -0.2) is 31.3 Å². The maximum absolute atomic E-state index is 11.1. The van der Waals surface area contributed by atoms with Gasteiger partial charge in [-0.15, -0.1) is 0 Å². The molecule has 32 heavy (non-hydrogen) atoms. The normalized spacial score (nSPS) is 11.6. The van der Waals surface area contributed by atoms with E-state index in [1.165, 1.54) is 16.7 Å². The molecule has 3 rings (SSSR count). The average Bonchev–Trinajstić information content (AvgIpc) is 2.82. The van der Waals surface area contributed by atoms with E-state index in [1.807, 2.05) is 24.3 Å². The van der Waals surface area contributed by atoms with Gasteiger partial charge < -0.3 is 24.6 Å². The van der Waals surface area contributed by atoms with Gasteiger partial charge in [-0.3, -0.25) is 4.79 Å². The van der Waals surface area contributed by atoms with Crippen molar-refractivity contribution < 1.29 is 24.1 Å². The highest BCUT2D eigenvalue weighted by Crippen LogP contribution is 2.35. The first-order valence-corrected chi connectivity index (χ1v) is 10.4. The van der Waals surface area contributed by atoms with E-state index < -0.39 is 12.0 Å². The van der Waals surface area contributed by atoms with Crippen LogP contribution in [-0.2, 0) is 17.9 Å². The fourth-order valence-electron chi connectivity index (χ4n) is 3.49. The van der Waals surface area contributed by atoms with E-state index in [9.17, 15) is 4.79 Å². The van der Waals surface area contributed by atoms with Gasteiger partial charge in [-0.2, -0.15) is 0 Å². The first-order valence-electron chi connectivity index (χ1n) is 10.4. The summed E-state index contributed by atoms with van der Waals surface area (Å²) in [5.74, 6) is 0.827. The molecule has 0 saturated carbocycles. The van der Waals surface area contributed by atoms with Gasteiger partial charge in [0.2, 0.25) is 0 Å². The quantitative estimate of drug-likeness (QED) is 0.475. The minimum Gasteiger partial charge on any atom is -0.496 e. The lowest BCUT2D eigenvalue weighted by Gasteiger charge is -2.18. The number of hydrogen-bond donors (Lipinski definition) is 2. The van der Waals surface area contributed by atoms with Crippen LogP contribution in [0.1, 0.15) is 23.6 Å². The Morgan fingerprint density at radius 2 is 1.66 bits per heavy atom. The summed E-state index contributed by atoms with van der Waals surface area (Å²) < 4.78 is 17.1. The highest BCUT2D eigenvalue weighted by Gasteiger charge is 2.17. The molecule has 0 bridgehead atoms. The molecule has 0 amide bonds. The van der Waals surface area contributed by atoms with Gasteiger partial charge >= 0.3 is 5.97 Å². The lowest BCUT2D eigenvalue weighted by atomic mass is 9.97. The largest absolute Gasteiger partial charge is 0.496 e. The molecule has 0 fully saturated rings. The van der Waals surface area contributed by atoms with Gasteiger partial charge in [0.05, 0.1) is 19.8 Å². The number of methoxy groups -OCH3 is 2. The van der Waals surface area contributed by atoms with Crippen LogP contribution in [0.5, 0.6) is 17.2 Å². The topological polar surface area (TPSA) is 77.0 Å². The Labute approximate surface area is 188 Å². The summed E-state index contributed by atoms with van der Waals surface area (Å²) in [6.45, 7) is 4.37. The summed E-state index contributed by atoms with van der Waals surface area (Å²) in [6, 6.07) is 19.4. The zero-order valence-electron chi connectivity index (χ0n) is 18.8. The molecule has 3 aromatic rings. The molecule has 6 nitrogen and oxygen atoms in total. The maximum atomic E-state index is 11.1. The zero-order chi connectivity index (χ0) is 23.1. The summed E-state index contributed by atoms with van der Waals surface area (Å²) in [7, 11) is 3.13. The monoisotopic (exact) mass is 435 g/mol. The molecule has 0 spiro atoms. The molecule has 6 heteroatoms. The van der Waals surface area contributed by atoms with Crippen LogP contribution in [0.25, 0.3) is 11.1 Å². The van der Waals surface area contributed by atoms with Crippen LogP contribution >= 0.6 is 0 Å². The molecule has 3 aromatic carbocycles. The van der Waals surface area contributed by atoms with Gasteiger partial charge in [-0.1, -0.05) is 48.5 Å². The third-order valence-corrected chi connectivity index (χ3v) is 5.46. The second-order valence-corrected chi connectivity index (χ2v) is 7.49. The molecule has 1 atom stereocenters. The molecule has 0 radical (unpaired) electrons. The SMILES string of the molecule is COc1cc(OCc2cccc(-c3ccccc3)c2C)cc(OC)c1CN[C@@H](C)C(=O)O. The molecule has 0 aliphatic heterocycles. The van der Waals surface area contributed by atoms with Crippen molar-refractivity contribution in [2.75, 3.05) is 14.2 Å². The van der Waals surface area contributed by atoms with Crippen LogP contribution in [0.15, 0.2) is 60.7 Å². The molecule has 0 unspecified atom stereocenters. The minimum atomic E-state index is -0.920. The van der Waals surface area contributed by atoms with E-state index in [0.717, 1.165) is 11.1 Å². The highest BCUT2D eigenvalue weighted by molar-refractivity contribution is 5.73. The average molecular weight is 436 g/mol. The Morgan fingerprint density at radius 1 is 1.00 bits per heavy atom. The van der Waals surface area contributed by atoms with Crippen molar-refractivity contribution >= 4 is 5.97 Å². The summed E-state index contributed by atoms with van der Waals surface area (Å²) in [6.07, 6.45) is 0. The predicted molar refractivity (Wildman–Crippen MR) is 124 cm³/mol. The number of hydrogen-bond acceptors (Lipinski definition) is 5. The predicted octanol–water partition coefficient (Wildman–Crippen LogP) is 4.82. The first kappa shape index (κ1) is 23.2. The molecule has 0 aliphatic rings. The van der Waals surface area contributed by atoms with Gasteiger partial charge in [0.25, 0.3) is 0 Å². The number of benzene rings is 3. The van der Waals surface area contributed by atoms with Gasteiger partial charge in [-0.25, -0.2) is 0 Å². The van der Waals surface area contributed by atoms with Crippen molar-refractivity contribution in [3.8, 4) is 28.4 Å². The lowest BCUT2D eigenvalue weighted by molar-refractivity contribution is -0.139. The summed E-state index contributed by atoms with van der Waals surface area (Å²) in [5, 5.41) is 12.1. The van der Waals surface area contributed by atoms with E-state index >= 15 is 0 Å². The fourth-order valence-corrected chi connectivity index (χ4v) is 3.49. The van der Waals surface area contributed by atoms with Crippen molar-refractivity contribution in [3.05, 3.63) is 77.4 Å². The number of rotatable bonds is 10. The lowest BCUT2D eigenvalue weighted by Crippen LogP contribution is -2.33. The number of ether oxygens (including phenoxy) is 3. The highest BCUT2D eigenvalue weighted by atomic mass is 16.5. The third-order valence-electron chi connectivity index (χ3n) is 5.46. The Kier molecular flexibility index (Phi) is 7.73. The van der Waals surface area contributed by atoms with Crippen LogP contribution in [0.3, 0.4) is 0 Å². The standard InChI is InChI=1S/C26H29NO5/c1-17-20(11-8-12-22(17)19-9-6-5-7-10-19)16-32-21-13-24(30-3)23(25(14-21)31-4)15-27-18(2)26(28)29/h5-14,18,27H,15-16H2,1-4H3,(H,28,29)/t18-/m0/s1. The van der Waals surface area contributed by atoms with E-state index in [4.69, 9.17) is 19.3 Å². The fraction of sp³-hybridized carbons (Fsp3) is 0.269. The molecule has 0 saturated heterocycles. The van der Waals surface area contributed by atoms with Crippen LogP contribution in [0, 0.1) is 6.92 Å². The Morgan fingerprint density at radius 3 is 2.25 bits per heavy atom. The van der Waals surface area contributed by atoms with E-state index in [2.05, 4.69) is 36.5 Å². The number of nitrogens with one attached hydrogen (secondary N) is 1. The van der Waals surface area contributed by atoms with Crippen molar-refractivity contribution in [1.82, 2.24) is 5.32 Å². The molecular formula is C26H29NO5. The Balaban J connectivity index is 1.80. The summed E-state index contributed by atoms with van der Waals surface area (Å²) in [5.41, 5.74) is 5.34. The third kappa shape index (κ3) is 5.39. The first-order chi connectivity index (χ1) is 15.4. The zero-order valence-corrected chi connectivity index (χ0v) is 18.8. The Hall–Kier alpha value is -3.51. The van der Waals surface area contributed by atoms with E-state index in [-0.39, 0.29) is 0 Å². The summed E-state index contributed by atoms with van der Waals surface area (Å²) in [4.78, 5) is 11.1. The van der Waals surface area contributed by atoms with Crippen LogP contribution < -0.4 is 19.5 Å². The van der Waals surface area contributed by atoms with Crippen LogP contribution in [0.4, 0.5) is 0 Å². The second kappa shape index (κ2) is 10.7. The van der Waals surface area contributed by atoms with Crippen molar-refractivity contribution in [2.24, 2.45) is 0 Å². The molecule has 0 heterocycles. The van der Waals surface area contributed by atoms with Crippen molar-refractivity contribution in [2.45, 2.75) is 33.0 Å². The second-order valence-electron chi connectivity index (χ2n) is 7.49. The van der Waals surface area contributed by atoms with Gasteiger partial charge in [0.1, 0.15) is 29.9 Å². The van der Waals surface area contributed by atoms with Gasteiger partial charge in [0, 0.05) is 18.7 Å². The minimum absolute atomic E-state index is 0.290. The summed E-state index contributed by atoms with van der Waals surface area (Å²) >= 11 is 0. The molecular weight excluding hydrogens is 406 g/mol. The molecule has 2 N–H and O–H groups in total. The van der Waals surface area contributed by atoms with Crippen molar-refractivity contribution in [1.29, 1.82) is 0 Å². The van der Waals surface area contributed by atoms with Gasteiger partial charge in [-0.05, 0) is 36.1 Å². The van der Waals surface area contributed by atoms with Gasteiger partial charge in [0.15, 0.2) is 0 Å². The number of carboxylic acids is 1. The number of aliphatic carboxylic acids is 1.